The highest BCUT2D eigenvalue weighted by Gasteiger charge is 2.26. The number of rotatable bonds is 12. The van der Waals surface area contributed by atoms with Crippen molar-refractivity contribution in [2.24, 2.45) is 11.7 Å². The zero-order chi connectivity index (χ0) is 21.9. The number of benzene rings is 1. The number of ether oxygens (including phenoxy) is 1. The number of hydrogen-bond acceptors (Lipinski definition) is 5. The molecule has 1 aliphatic rings. The van der Waals surface area contributed by atoms with Gasteiger partial charge in [-0.1, -0.05) is 26.0 Å². The van der Waals surface area contributed by atoms with Crippen LogP contribution >= 0.6 is 0 Å². The van der Waals surface area contributed by atoms with Crippen LogP contribution in [0.25, 0.3) is 0 Å². The zero-order valence-electron chi connectivity index (χ0n) is 18.9. The van der Waals surface area contributed by atoms with Gasteiger partial charge in [-0.2, -0.15) is 0 Å². The van der Waals surface area contributed by atoms with E-state index < -0.39 is 6.04 Å². The van der Waals surface area contributed by atoms with Crippen LogP contribution in [0.5, 0.6) is 5.75 Å². The van der Waals surface area contributed by atoms with E-state index in [1.54, 1.807) is 6.92 Å². The third-order valence-corrected chi connectivity index (χ3v) is 5.74. The number of ketones is 1. The molecule has 0 saturated carbocycles. The van der Waals surface area contributed by atoms with E-state index >= 15 is 0 Å². The van der Waals surface area contributed by atoms with Crippen molar-refractivity contribution in [3.05, 3.63) is 29.8 Å². The first kappa shape index (κ1) is 24.4. The van der Waals surface area contributed by atoms with Crippen molar-refractivity contribution < 1.29 is 14.3 Å². The van der Waals surface area contributed by atoms with Crippen molar-refractivity contribution in [1.29, 1.82) is 0 Å². The van der Waals surface area contributed by atoms with Crippen molar-refractivity contribution in [3.63, 3.8) is 0 Å². The Balaban J connectivity index is 1.58. The van der Waals surface area contributed by atoms with Crippen LogP contribution in [0.1, 0.15) is 52.0 Å². The minimum atomic E-state index is -0.392. The molecular weight excluding hydrogens is 378 g/mol. The van der Waals surface area contributed by atoms with Gasteiger partial charge in [-0.3, -0.25) is 9.69 Å². The van der Waals surface area contributed by atoms with Crippen LogP contribution in [0.3, 0.4) is 0 Å². The van der Waals surface area contributed by atoms with E-state index in [4.69, 9.17) is 10.5 Å². The molecule has 0 aliphatic carbocycles. The monoisotopic (exact) mass is 417 g/mol. The molecule has 1 aromatic carbocycles. The highest BCUT2D eigenvalue weighted by Crippen LogP contribution is 2.15. The van der Waals surface area contributed by atoms with Gasteiger partial charge in [0.2, 0.25) is 5.91 Å². The summed E-state index contributed by atoms with van der Waals surface area (Å²) in [6.07, 6.45) is 4.65. The van der Waals surface area contributed by atoms with Crippen molar-refractivity contribution in [1.82, 2.24) is 9.80 Å². The van der Waals surface area contributed by atoms with Crippen LogP contribution in [-0.2, 0) is 16.0 Å². The molecule has 0 aromatic heterocycles. The van der Waals surface area contributed by atoms with E-state index in [9.17, 15) is 9.59 Å². The van der Waals surface area contributed by atoms with E-state index in [2.05, 4.69) is 17.0 Å². The third-order valence-electron chi connectivity index (χ3n) is 5.74. The van der Waals surface area contributed by atoms with Crippen LogP contribution in [0.4, 0.5) is 0 Å². The fourth-order valence-corrected chi connectivity index (χ4v) is 3.62. The minimum absolute atomic E-state index is 0.0790. The van der Waals surface area contributed by atoms with Gasteiger partial charge >= 0.3 is 0 Å². The second-order valence-electron chi connectivity index (χ2n) is 8.69. The molecule has 0 bridgehead atoms. The molecule has 0 spiro atoms. The molecule has 0 radical (unpaired) electrons. The van der Waals surface area contributed by atoms with E-state index in [0.717, 1.165) is 64.2 Å². The smallest absolute Gasteiger partial charge is 0.239 e. The number of aryl methyl sites for hydroxylation is 1. The highest BCUT2D eigenvalue weighted by atomic mass is 16.5. The molecule has 1 saturated heterocycles. The Hall–Kier alpha value is -1.92. The number of hydrogen-bond donors (Lipinski definition) is 1. The van der Waals surface area contributed by atoms with Crippen molar-refractivity contribution >= 4 is 11.7 Å². The standard InChI is InChI=1S/C24H39N3O3/c1-19(2)23(25)24(29)27-16-14-26(15-17-27)13-6-18-30-22-11-9-21(10-12-22)8-5-4-7-20(3)28/h9-12,19,23H,4-8,13-18,25H2,1-3H3/t23-/m1/s1. The maximum Gasteiger partial charge on any atom is 0.239 e. The van der Waals surface area contributed by atoms with Crippen molar-refractivity contribution in [2.45, 2.75) is 58.9 Å². The van der Waals surface area contributed by atoms with E-state index in [1.807, 2.05) is 30.9 Å². The summed E-state index contributed by atoms with van der Waals surface area (Å²) in [6, 6.07) is 7.89. The fraction of sp³-hybridized carbons (Fsp3) is 0.667. The van der Waals surface area contributed by atoms with Gasteiger partial charge in [0.15, 0.2) is 0 Å². The molecule has 2 N–H and O–H groups in total. The minimum Gasteiger partial charge on any atom is -0.494 e. The number of nitrogens with zero attached hydrogens (tertiary/aromatic N) is 2. The molecule has 2 rings (SSSR count). The summed E-state index contributed by atoms with van der Waals surface area (Å²) < 4.78 is 5.87. The Labute approximate surface area is 181 Å². The lowest BCUT2D eigenvalue weighted by atomic mass is 10.0. The van der Waals surface area contributed by atoms with Crippen LogP contribution in [0.15, 0.2) is 24.3 Å². The normalized spacial score (nSPS) is 16.0. The Morgan fingerprint density at radius 1 is 1.03 bits per heavy atom. The molecule has 168 valence electrons. The molecule has 1 amide bonds. The number of Topliss-reactive ketones (excluding diaryl/α,β-unsaturated/α-hetero) is 1. The maximum atomic E-state index is 12.3. The topological polar surface area (TPSA) is 75.9 Å². The van der Waals surface area contributed by atoms with Gasteiger partial charge in [0.05, 0.1) is 12.6 Å². The Morgan fingerprint density at radius 2 is 1.70 bits per heavy atom. The average Bonchev–Trinajstić information content (AvgIpc) is 2.74. The second kappa shape index (κ2) is 12.7. The summed E-state index contributed by atoms with van der Waals surface area (Å²) in [4.78, 5) is 27.6. The van der Waals surface area contributed by atoms with Crippen LogP contribution in [0.2, 0.25) is 0 Å². The van der Waals surface area contributed by atoms with Crippen LogP contribution < -0.4 is 10.5 Å². The molecular formula is C24H39N3O3. The first-order valence-electron chi connectivity index (χ1n) is 11.3. The lowest BCUT2D eigenvalue weighted by molar-refractivity contribution is -0.135. The molecule has 0 unspecified atom stereocenters. The van der Waals surface area contributed by atoms with Gasteiger partial charge in [0, 0.05) is 39.1 Å². The van der Waals surface area contributed by atoms with Gasteiger partial charge in [-0.25, -0.2) is 0 Å². The van der Waals surface area contributed by atoms with E-state index in [-0.39, 0.29) is 17.6 Å². The quantitative estimate of drug-likeness (QED) is 0.529. The maximum absolute atomic E-state index is 12.3. The molecule has 6 heteroatoms. The van der Waals surface area contributed by atoms with E-state index in [0.29, 0.717) is 13.0 Å². The third kappa shape index (κ3) is 8.44. The van der Waals surface area contributed by atoms with Gasteiger partial charge in [0.1, 0.15) is 11.5 Å². The summed E-state index contributed by atoms with van der Waals surface area (Å²) >= 11 is 0. The molecule has 1 heterocycles. The predicted octanol–water partition coefficient (Wildman–Crippen LogP) is 2.88. The molecule has 1 fully saturated rings. The van der Waals surface area contributed by atoms with Gasteiger partial charge in [-0.05, 0) is 56.2 Å². The van der Waals surface area contributed by atoms with Gasteiger partial charge in [-0.15, -0.1) is 0 Å². The molecule has 1 aliphatic heterocycles. The number of nitrogens with two attached hydrogens (primary N) is 1. The summed E-state index contributed by atoms with van der Waals surface area (Å²) in [5, 5.41) is 0. The zero-order valence-corrected chi connectivity index (χ0v) is 18.9. The summed E-state index contributed by atoms with van der Waals surface area (Å²) in [5.41, 5.74) is 7.28. The highest BCUT2D eigenvalue weighted by molar-refractivity contribution is 5.82. The number of carbonyl (C=O) groups excluding carboxylic acids is 2. The van der Waals surface area contributed by atoms with Crippen LogP contribution in [0, 0.1) is 5.92 Å². The number of amides is 1. The summed E-state index contributed by atoms with van der Waals surface area (Å²) in [5.74, 6) is 1.42. The van der Waals surface area contributed by atoms with Gasteiger partial charge in [0.25, 0.3) is 0 Å². The number of piperazine rings is 1. The predicted molar refractivity (Wildman–Crippen MR) is 121 cm³/mol. The molecule has 30 heavy (non-hydrogen) atoms. The Bertz CT molecular complexity index is 652. The second-order valence-corrected chi connectivity index (χ2v) is 8.69. The first-order chi connectivity index (χ1) is 14.4. The SMILES string of the molecule is CC(=O)CCCCc1ccc(OCCCN2CCN(C(=O)[C@H](N)C(C)C)CC2)cc1. The van der Waals surface area contributed by atoms with Crippen molar-refractivity contribution in [3.8, 4) is 5.75 Å². The van der Waals surface area contributed by atoms with Crippen molar-refractivity contribution in [2.75, 3.05) is 39.3 Å². The Kier molecular flexibility index (Phi) is 10.3. The molecule has 1 aromatic rings. The first-order valence-corrected chi connectivity index (χ1v) is 11.3. The molecule has 1 atom stereocenters. The fourth-order valence-electron chi connectivity index (χ4n) is 3.62. The number of unbranched alkanes of at least 4 members (excludes halogenated alkanes) is 1. The van der Waals surface area contributed by atoms with Gasteiger partial charge < -0.3 is 20.2 Å². The molecule has 6 nitrogen and oxygen atoms in total. The van der Waals surface area contributed by atoms with E-state index in [1.165, 1.54) is 5.56 Å². The lowest BCUT2D eigenvalue weighted by Gasteiger charge is -2.36. The average molecular weight is 418 g/mol. The largest absolute Gasteiger partial charge is 0.494 e. The Morgan fingerprint density at radius 3 is 2.30 bits per heavy atom. The summed E-state index contributed by atoms with van der Waals surface area (Å²) in [7, 11) is 0. The summed E-state index contributed by atoms with van der Waals surface area (Å²) in [6.45, 7) is 10.6. The van der Waals surface area contributed by atoms with Crippen LogP contribution in [-0.4, -0.2) is 66.9 Å². The lowest BCUT2D eigenvalue weighted by Crippen LogP contribution is -2.54. The number of carbonyl (C=O) groups is 2.